The molecule has 0 radical (unpaired) electrons. The van der Waals surface area contributed by atoms with Crippen LogP contribution in [-0.2, 0) is 20.9 Å². The summed E-state index contributed by atoms with van der Waals surface area (Å²) in [4.78, 5) is 57.3. The van der Waals surface area contributed by atoms with Crippen LogP contribution in [0.2, 0.25) is 0 Å². The van der Waals surface area contributed by atoms with Crippen LogP contribution in [0.15, 0.2) is 79.7 Å². The molecule has 4 N–H and O–H groups in total. The summed E-state index contributed by atoms with van der Waals surface area (Å²) < 4.78 is 41.6. The second-order valence-corrected chi connectivity index (χ2v) is 11.3. The van der Waals surface area contributed by atoms with Gasteiger partial charge in [-0.05, 0) is 48.0 Å². The number of likely N-dealkylation sites (tertiary alicyclic amines) is 1. The molecule has 232 valence electrons. The number of alkyl halides is 2. The average molecular weight is 638 g/mol. The summed E-state index contributed by atoms with van der Waals surface area (Å²) in [6.07, 6.45) is -1.27. The number of halogens is 2. The largest absolute Gasteiger partial charge is 0.455 e. The molecular weight excluding hydrogens is 612 g/mol. The van der Waals surface area contributed by atoms with E-state index in [9.17, 15) is 28.0 Å². The Labute approximate surface area is 257 Å². The monoisotopic (exact) mass is 637 g/mol. The number of carbonyl (C=O) groups is 3. The third-order valence-corrected chi connectivity index (χ3v) is 8.39. The Balaban J connectivity index is 1.10. The van der Waals surface area contributed by atoms with Gasteiger partial charge in [0, 0.05) is 25.1 Å². The van der Waals surface area contributed by atoms with Gasteiger partial charge in [-0.2, -0.15) is 13.8 Å². The van der Waals surface area contributed by atoms with E-state index in [4.69, 9.17) is 14.9 Å². The summed E-state index contributed by atoms with van der Waals surface area (Å²) in [5, 5.41) is 5.63. The minimum Gasteiger partial charge on any atom is -0.455 e. The Morgan fingerprint density at radius 3 is 2.69 bits per heavy atom. The van der Waals surface area contributed by atoms with Crippen LogP contribution >= 0.6 is 11.8 Å². The molecule has 2 aliphatic heterocycles. The second kappa shape index (κ2) is 12.5. The molecule has 2 aliphatic rings. The van der Waals surface area contributed by atoms with Gasteiger partial charge in [-0.25, -0.2) is 4.79 Å². The molecule has 6 rings (SSSR count). The Morgan fingerprint density at radius 2 is 1.87 bits per heavy atom. The number of anilines is 1. The van der Waals surface area contributed by atoms with Crippen LogP contribution in [0.5, 0.6) is 11.5 Å². The van der Waals surface area contributed by atoms with Crippen LogP contribution in [-0.4, -0.2) is 59.5 Å². The van der Waals surface area contributed by atoms with Gasteiger partial charge in [-0.15, -0.1) is 0 Å². The number of nitrogens with two attached hydrogens (primary N) is 1. The number of rotatable bonds is 8. The van der Waals surface area contributed by atoms with Crippen LogP contribution in [0.25, 0.3) is 11.0 Å². The van der Waals surface area contributed by atoms with Crippen molar-refractivity contribution in [1.29, 1.82) is 0 Å². The van der Waals surface area contributed by atoms with Crippen molar-refractivity contribution < 1.29 is 37.1 Å². The lowest BCUT2D eigenvalue weighted by molar-refractivity contribution is -0.160. The summed E-state index contributed by atoms with van der Waals surface area (Å²) in [6, 6.07) is 16.0. The maximum atomic E-state index is 13.2. The number of hydrogen-bond donors (Lipinski definition) is 3. The van der Waals surface area contributed by atoms with Gasteiger partial charge in [-0.3, -0.25) is 14.4 Å². The molecular formula is C30H25F2N5O7S. The van der Waals surface area contributed by atoms with Gasteiger partial charge in [-0.1, -0.05) is 30.0 Å². The van der Waals surface area contributed by atoms with Crippen molar-refractivity contribution in [2.75, 3.05) is 18.8 Å². The molecule has 45 heavy (non-hydrogen) atoms. The third-order valence-electron chi connectivity index (χ3n) is 7.27. The van der Waals surface area contributed by atoms with Crippen molar-refractivity contribution in [2.45, 2.75) is 41.5 Å². The third kappa shape index (κ3) is 6.58. The number of hydrogen-bond acceptors (Lipinski definition) is 10. The van der Waals surface area contributed by atoms with Gasteiger partial charge in [0.05, 0.1) is 27.8 Å². The zero-order valence-corrected chi connectivity index (χ0v) is 24.1. The van der Waals surface area contributed by atoms with Crippen molar-refractivity contribution in [3.05, 3.63) is 82.3 Å². The van der Waals surface area contributed by atoms with Crippen LogP contribution in [0, 0.1) is 0 Å². The highest BCUT2D eigenvalue weighted by Gasteiger charge is 2.41. The number of ether oxygens (including phenoxy) is 2. The molecule has 0 bridgehead atoms. The van der Waals surface area contributed by atoms with Crippen molar-refractivity contribution in [1.82, 2.24) is 20.5 Å². The number of carbonyl (C=O) groups excluding carboxylic acids is 3. The molecule has 2 atom stereocenters. The summed E-state index contributed by atoms with van der Waals surface area (Å²) in [6.45, 7) is -3.88. The van der Waals surface area contributed by atoms with E-state index in [2.05, 4.69) is 20.4 Å². The number of aromatic nitrogens is 1. The molecule has 12 nitrogen and oxygen atoms in total. The van der Waals surface area contributed by atoms with Crippen molar-refractivity contribution in [3.8, 4) is 11.5 Å². The quantitative estimate of drug-likeness (QED) is 0.230. The molecule has 1 fully saturated rings. The second-order valence-electron chi connectivity index (χ2n) is 10.2. The topological polar surface area (TPSA) is 166 Å². The molecule has 0 spiro atoms. The molecule has 3 heterocycles. The predicted octanol–water partition coefficient (Wildman–Crippen LogP) is 3.28. The lowest BCUT2D eigenvalue weighted by atomic mass is 10.1. The first-order valence-corrected chi connectivity index (χ1v) is 14.5. The number of fused-ring (bicyclic) bond motifs is 3. The van der Waals surface area contributed by atoms with E-state index in [1.165, 1.54) is 17.8 Å². The summed E-state index contributed by atoms with van der Waals surface area (Å²) in [5.41, 5.74) is 6.71. The van der Waals surface area contributed by atoms with Crippen LogP contribution < -0.4 is 26.9 Å². The minimum atomic E-state index is -3.10. The van der Waals surface area contributed by atoms with Crippen LogP contribution in [0.4, 0.5) is 14.6 Å². The lowest BCUT2D eigenvalue weighted by Gasteiger charge is -2.24. The van der Waals surface area contributed by atoms with Crippen molar-refractivity contribution in [3.63, 3.8) is 0 Å². The van der Waals surface area contributed by atoms with E-state index in [1.54, 1.807) is 30.3 Å². The highest BCUT2D eigenvalue weighted by Crippen LogP contribution is 2.46. The maximum Gasteiger partial charge on any atom is 0.441 e. The maximum absolute atomic E-state index is 13.2. The van der Waals surface area contributed by atoms with E-state index in [0.29, 0.717) is 22.4 Å². The Bertz CT molecular complexity index is 1870. The van der Waals surface area contributed by atoms with Crippen molar-refractivity contribution in [2.24, 2.45) is 0 Å². The first-order valence-electron chi connectivity index (χ1n) is 13.7. The predicted molar refractivity (Wildman–Crippen MR) is 157 cm³/mol. The van der Waals surface area contributed by atoms with Crippen molar-refractivity contribution >= 4 is 46.3 Å². The van der Waals surface area contributed by atoms with Crippen LogP contribution in [0.1, 0.15) is 22.3 Å². The highest BCUT2D eigenvalue weighted by atomic mass is 32.2. The number of amides is 3. The molecule has 3 aromatic carbocycles. The van der Waals surface area contributed by atoms with E-state index in [1.807, 2.05) is 24.3 Å². The zero-order chi connectivity index (χ0) is 31.7. The highest BCUT2D eigenvalue weighted by molar-refractivity contribution is 7.99. The molecule has 3 amide bonds. The average Bonchev–Trinajstić information content (AvgIpc) is 3.44. The van der Waals surface area contributed by atoms with Gasteiger partial charge < -0.3 is 35.2 Å². The van der Waals surface area contributed by atoms with Gasteiger partial charge in [0.25, 0.3) is 5.91 Å². The summed E-state index contributed by atoms with van der Waals surface area (Å²) >= 11 is 1.50. The first-order chi connectivity index (χ1) is 21.6. The number of benzene rings is 3. The number of nitrogens with one attached hydrogen (secondary N) is 2. The van der Waals surface area contributed by atoms with Gasteiger partial charge in [0.2, 0.25) is 11.8 Å². The Kier molecular flexibility index (Phi) is 8.36. The summed E-state index contributed by atoms with van der Waals surface area (Å²) in [7, 11) is 0. The zero-order valence-electron chi connectivity index (χ0n) is 23.3. The molecule has 0 unspecified atom stereocenters. The molecule has 1 saturated heterocycles. The lowest BCUT2D eigenvalue weighted by Crippen LogP contribution is -2.48. The van der Waals surface area contributed by atoms with E-state index >= 15 is 0 Å². The fraction of sp³-hybridized carbons (Fsp3) is 0.233. The van der Waals surface area contributed by atoms with Crippen LogP contribution in [0.3, 0.4) is 0 Å². The fourth-order valence-corrected chi connectivity index (χ4v) is 6.08. The molecule has 15 heteroatoms. The van der Waals surface area contributed by atoms with Gasteiger partial charge in [0.1, 0.15) is 28.9 Å². The number of nitrogens with zero attached hydrogens (tertiary/aromatic N) is 2. The molecule has 0 saturated carbocycles. The standard InChI is InChI=1S/C30H25F2N5O7S/c31-29(32)42-17-11-19(28(40)34-12-15-5-7-18-21(9-15)44-30(41)36-26(18)33)37(14-17)25(38)13-35-27(39)16-6-8-24-22(10-16)43-20-3-1-2-4-23(20)45-24/h1-10,17,19,29H,11-14H2,(H,34,40)(H,35,39)(H2,33,36,41)/t17-,19+/m1/s1. The van der Waals surface area contributed by atoms with E-state index < -0.39 is 48.8 Å². The fourth-order valence-electron chi connectivity index (χ4n) is 5.15. The van der Waals surface area contributed by atoms with E-state index in [0.717, 1.165) is 14.7 Å². The van der Waals surface area contributed by atoms with E-state index in [-0.39, 0.29) is 36.5 Å². The first kappa shape index (κ1) is 30.0. The Morgan fingerprint density at radius 1 is 1.07 bits per heavy atom. The minimum absolute atomic E-state index is 0.00107. The molecule has 1 aromatic heterocycles. The summed E-state index contributed by atoms with van der Waals surface area (Å²) in [5.74, 6) is -1.54. The molecule has 4 aromatic rings. The Hall–Kier alpha value is -5.02. The molecule has 0 aliphatic carbocycles. The van der Waals surface area contributed by atoms with Gasteiger partial charge >= 0.3 is 12.4 Å². The van der Waals surface area contributed by atoms with Gasteiger partial charge in [0.15, 0.2) is 0 Å². The SMILES string of the molecule is Nc1nc(=O)oc2cc(CNC(=O)[C@@H]3C[C@@H](OC(F)F)CN3C(=O)CNC(=O)c3ccc4c(c3)Oc3ccccc3S4)ccc12. The normalized spacial score (nSPS) is 17.0. The number of para-hydroxylation sites is 1. The number of nitrogen functional groups attached to an aromatic ring is 1. The smallest absolute Gasteiger partial charge is 0.441 e.